The minimum Gasteiger partial charge on any atom is -0.337 e. The van der Waals surface area contributed by atoms with Crippen LogP contribution in [0, 0.1) is 6.92 Å². The minimum absolute atomic E-state index is 0. The summed E-state index contributed by atoms with van der Waals surface area (Å²) in [6.45, 7) is 9.26. The van der Waals surface area contributed by atoms with Gasteiger partial charge in [-0.05, 0) is 31.9 Å². The highest BCUT2D eigenvalue weighted by atomic mass is 35.5. The molecule has 1 amide bonds. The van der Waals surface area contributed by atoms with E-state index in [-0.39, 0.29) is 24.2 Å². The first kappa shape index (κ1) is 17.7. The maximum Gasteiger partial charge on any atom is 0.259 e. The molecule has 0 unspecified atom stereocenters. The van der Waals surface area contributed by atoms with Gasteiger partial charge < -0.3 is 14.7 Å². The summed E-state index contributed by atoms with van der Waals surface area (Å²) in [5, 5.41) is 8.04. The van der Waals surface area contributed by atoms with E-state index >= 15 is 0 Å². The number of aryl methyl sites for hydroxylation is 1. The highest BCUT2D eigenvalue weighted by Gasteiger charge is 2.24. The van der Waals surface area contributed by atoms with Crippen molar-refractivity contribution in [2.45, 2.75) is 33.1 Å². The molecule has 6 nitrogen and oxygen atoms in total. The molecule has 7 heteroatoms. The average Bonchev–Trinajstić information content (AvgIpc) is 2.73. The third kappa shape index (κ3) is 3.48. The van der Waals surface area contributed by atoms with Crippen LogP contribution >= 0.6 is 12.4 Å². The van der Waals surface area contributed by atoms with E-state index in [1.54, 1.807) is 0 Å². The largest absolute Gasteiger partial charge is 0.337 e. The monoisotopic (exact) mass is 338 g/mol. The molecule has 23 heavy (non-hydrogen) atoms. The van der Waals surface area contributed by atoms with Gasteiger partial charge in [0, 0.05) is 25.3 Å². The fourth-order valence-corrected chi connectivity index (χ4v) is 2.80. The Labute approximate surface area is 142 Å². The molecule has 0 saturated carbocycles. The van der Waals surface area contributed by atoms with Crippen molar-refractivity contribution in [3.05, 3.63) is 23.0 Å². The second kappa shape index (κ2) is 7.27. The maximum atomic E-state index is 13.0. The third-order valence-corrected chi connectivity index (χ3v) is 4.09. The second-order valence-corrected chi connectivity index (χ2v) is 6.09. The van der Waals surface area contributed by atoms with Gasteiger partial charge in [0.15, 0.2) is 0 Å². The molecular weight excluding hydrogens is 316 g/mol. The molecule has 1 fully saturated rings. The molecule has 0 radical (unpaired) electrons. The Morgan fingerprint density at radius 1 is 1.35 bits per heavy atom. The quantitative estimate of drug-likeness (QED) is 0.911. The molecular formula is C16H23ClN4O2. The molecule has 1 N–H and O–H groups in total. The lowest BCUT2D eigenvalue weighted by Gasteiger charge is -2.21. The SMILES string of the molecule is Cc1noc2nc(C(C)C)cc(C(=O)N3CCCNCC3)c12.Cl. The number of carbonyl (C=O) groups excluding carboxylic acids is 1. The van der Waals surface area contributed by atoms with Gasteiger partial charge in [0.1, 0.15) is 0 Å². The standard InChI is InChI=1S/C16H22N4O2.ClH/c1-10(2)13-9-12(14-11(3)19-22-15(14)18-13)16(21)20-7-4-5-17-6-8-20;/h9-10,17H,4-8H2,1-3H3;1H. The molecule has 3 rings (SSSR count). The fraction of sp³-hybridized carbons (Fsp3) is 0.562. The molecule has 2 aromatic heterocycles. The van der Waals surface area contributed by atoms with E-state index in [2.05, 4.69) is 29.3 Å². The van der Waals surface area contributed by atoms with Crippen LogP contribution in [0.25, 0.3) is 11.1 Å². The number of nitrogens with zero attached hydrogens (tertiary/aromatic N) is 3. The van der Waals surface area contributed by atoms with Crippen molar-refractivity contribution in [1.82, 2.24) is 20.4 Å². The van der Waals surface area contributed by atoms with Gasteiger partial charge in [0.05, 0.1) is 16.6 Å². The first-order chi connectivity index (χ1) is 10.6. The smallest absolute Gasteiger partial charge is 0.259 e. The Morgan fingerprint density at radius 3 is 2.87 bits per heavy atom. The number of aromatic nitrogens is 2. The van der Waals surface area contributed by atoms with Crippen molar-refractivity contribution in [2.75, 3.05) is 26.2 Å². The lowest BCUT2D eigenvalue weighted by Crippen LogP contribution is -2.34. The second-order valence-electron chi connectivity index (χ2n) is 6.09. The molecule has 1 aliphatic rings. The van der Waals surface area contributed by atoms with Crippen LogP contribution in [-0.4, -0.2) is 47.1 Å². The van der Waals surface area contributed by atoms with Crippen LogP contribution in [0.15, 0.2) is 10.6 Å². The molecule has 1 saturated heterocycles. The van der Waals surface area contributed by atoms with E-state index in [0.29, 0.717) is 17.0 Å². The summed E-state index contributed by atoms with van der Waals surface area (Å²) < 4.78 is 5.30. The zero-order valence-electron chi connectivity index (χ0n) is 13.8. The van der Waals surface area contributed by atoms with Gasteiger partial charge in [-0.25, -0.2) is 4.98 Å². The molecule has 0 atom stereocenters. The van der Waals surface area contributed by atoms with Crippen LogP contribution in [0.4, 0.5) is 0 Å². The summed E-state index contributed by atoms with van der Waals surface area (Å²) in [5.74, 6) is 0.274. The Hall–Kier alpha value is -1.66. The van der Waals surface area contributed by atoms with Crippen LogP contribution in [-0.2, 0) is 0 Å². The van der Waals surface area contributed by atoms with Gasteiger partial charge in [-0.15, -0.1) is 12.4 Å². The molecule has 0 aromatic carbocycles. The molecule has 1 aliphatic heterocycles. The van der Waals surface area contributed by atoms with Crippen molar-refractivity contribution in [2.24, 2.45) is 0 Å². The number of nitrogens with one attached hydrogen (secondary N) is 1. The number of fused-ring (bicyclic) bond motifs is 1. The number of amides is 1. The van der Waals surface area contributed by atoms with Crippen LogP contribution in [0.2, 0.25) is 0 Å². The number of hydrogen-bond acceptors (Lipinski definition) is 5. The number of pyridine rings is 1. The summed E-state index contributed by atoms with van der Waals surface area (Å²) in [6.07, 6.45) is 0.972. The average molecular weight is 339 g/mol. The summed E-state index contributed by atoms with van der Waals surface area (Å²) >= 11 is 0. The summed E-state index contributed by atoms with van der Waals surface area (Å²) in [6, 6.07) is 1.90. The Balaban J connectivity index is 0.00000192. The minimum atomic E-state index is 0. The van der Waals surface area contributed by atoms with Crippen molar-refractivity contribution in [3.63, 3.8) is 0 Å². The van der Waals surface area contributed by atoms with Crippen molar-refractivity contribution in [3.8, 4) is 0 Å². The topological polar surface area (TPSA) is 71.3 Å². The van der Waals surface area contributed by atoms with Gasteiger partial charge in [-0.1, -0.05) is 19.0 Å². The number of carbonyl (C=O) groups is 1. The molecule has 0 spiro atoms. The van der Waals surface area contributed by atoms with E-state index in [1.165, 1.54) is 0 Å². The van der Waals surface area contributed by atoms with Crippen LogP contribution in [0.1, 0.15) is 47.9 Å². The Morgan fingerprint density at radius 2 is 2.13 bits per heavy atom. The van der Waals surface area contributed by atoms with Crippen LogP contribution in [0.5, 0.6) is 0 Å². The highest BCUT2D eigenvalue weighted by Crippen LogP contribution is 2.26. The zero-order valence-corrected chi connectivity index (χ0v) is 14.6. The predicted octanol–water partition coefficient (Wildman–Crippen LogP) is 2.51. The van der Waals surface area contributed by atoms with E-state index in [0.717, 1.165) is 43.7 Å². The Bertz CT molecular complexity index is 691. The van der Waals surface area contributed by atoms with Gasteiger partial charge in [-0.2, -0.15) is 0 Å². The third-order valence-electron chi connectivity index (χ3n) is 4.09. The van der Waals surface area contributed by atoms with Gasteiger partial charge >= 0.3 is 0 Å². The number of hydrogen-bond donors (Lipinski definition) is 1. The Kier molecular flexibility index (Phi) is 5.59. The predicted molar refractivity (Wildman–Crippen MR) is 91.3 cm³/mol. The zero-order chi connectivity index (χ0) is 15.7. The summed E-state index contributed by atoms with van der Waals surface area (Å²) in [7, 11) is 0. The van der Waals surface area contributed by atoms with Crippen LogP contribution in [0.3, 0.4) is 0 Å². The fourth-order valence-electron chi connectivity index (χ4n) is 2.80. The summed E-state index contributed by atoms with van der Waals surface area (Å²) in [4.78, 5) is 19.4. The lowest BCUT2D eigenvalue weighted by atomic mass is 10.0. The summed E-state index contributed by atoms with van der Waals surface area (Å²) in [5.41, 5.74) is 2.70. The van der Waals surface area contributed by atoms with Gasteiger partial charge in [0.2, 0.25) is 0 Å². The van der Waals surface area contributed by atoms with E-state index in [4.69, 9.17) is 4.52 Å². The molecule has 3 heterocycles. The molecule has 0 bridgehead atoms. The van der Waals surface area contributed by atoms with Crippen LogP contribution < -0.4 is 5.32 Å². The molecule has 126 valence electrons. The number of rotatable bonds is 2. The first-order valence-electron chi connectivity index (χ1n) is 7.85. The first-order valence-corrected chi connectivity index (χ1v) is 7.85. The highest BCUT2D eigenvalue weighted by molar-refractivity contribution is 6.06. The lowest BCUT2D eigenvalue weighted by molar-refractivity contribution is 0.0768. The normalized spacial score (nSPS) is 15.6. The number of halogens is 1. The van der Waals surface area contributed by atoms with Crippen molar-refractivity contribution >= 4 is 29.4 Å². The molecule has 2 aromatic rings. The van der Waals surface area contributed by atoms with E-state index in [9.17, 15) is 4.79 Å². The van der Waals surface area contributed by atoms with Gasteiger partial charge in [-0.3, -0.25) is 4.79 Å². The van der Waals surface area contributed by atoms with E-state index < -0.39 is 0 Å². The van der Waals surface area contributed by atoms with Crippen molar-refractivity contribution in [1.29, 1.82) is 0 Å². The van der Waals surface area contributed by atoms with E-state index in [1.807, 2.05) is 17.9 Å². The van der Waals surface area contributed by atoms with Gasteiger partial charge in [0.25, 0.3) is 11.6 Å². The van der Waals surface area contributed by atoms with Crippen molar-refractivity contribution < 1.29 is 9.32 Å². The molecule has 0 aliphatic carbocycles. The maximum absolute atomic E-state index is 13.0.